The van der Waals surface area contributed by atoms with Crippen LogP contribution in [0, 0.1) is 6.92 Å². The Hall–Kier alpha value is -2.14. The van der Waals surface area contributed by atoms with Gasteiger partial charge in [-0.25, -0.2) is 0 Å². The van der Waals surface area contributed by atoms with E-state index in [9.17, 15) is 4.79 Å². The highest BCUT2D eigenvalue weighted by atomic mass is 16.2. The molecule has 0 saturated heterocycles. The van der Waals surface area contributed by atoms with E-state index in [0.29, 0.717) is 6.54 Å². The molecule has 5 heteroatoms. The molecule has 2 aromatic rings. The van der Waals surface area contributed by atoms with Crippen LogP contribution in [-0.4, -0.2) is 34.6 Å². The summed E-state index contributed by atoms with van der Waals surface area (Å²) in [6.07, 6.45) is 1.75. The number of hydrogen-bond acceptors (Lipinski definition) is 3. The van der Waals surface area contributed by atoms with Crippen LogP contribution in [0.2, 0.25) is 0 Å². The highest BCUT2D eigenvalue weighted by molar-refractivity contribution is 5.83. The second-order valence-corrected chi connectivity index (χ2v) is 5.12. The normalized spacial score (nSPS) is 12.4. The zero-order valence-corrected chi connectivity index (χ0v) is 12.8. The van der Waals surface area contributed by atoms with Crippen LogP contribution in [-0.2, 0) is 11.3 Å². The molecule has 5 nitrogen and oxygen atoms in total. The molecule has 21 heavy (non-hydrogen) atoms. The minimum absolute atomic E-state index is 0.00569. The first-order valence-electron chi connectivity index (χ1n) is 7.15. The summed E-state index contributed by atoms with van der Waals surface area (Å²) in [5.41, 5.74) is 2.99. The fourth-order valence-electron chi connectivity index (χ4n) is 2.26. The number of nitrogens with one attached hydrogen (secondary N) is 2. The third-order valence-corrected chi connectivity index (χ3v) is 3.69. The van der Waals surface area contributed by atoms with Gasteiger partial charge in [-0.1, -0.05) is 37.3 Å². The zero-order chi connectivity index (χ0) is 15.2. The van der Waals surface area contributed by atoms with Crippen molar-refractivity contribution in [1.29, 1.82) is 0 Å². The molecule has 1 atom stereocenters. The number of likely N-dealkylation sites (N-methyl/N-ethyl adjacent to an activating group) is 1. The first-order valence-corrected chi connectivity index (χ1v) is 7.15. The van der Waals surface area contributed by atoms with Crippen LogP contribution in [0.4, 0.5) is 0 Å². The van der Waals surface area contributed by atoms with Gasteiger partial charge in [-0.15, -0.1) is 0 Å². The quantitative estimate of drug-likeness (QED) is 0.854. The van der Waals surface area contributed by atoms with E-state index in [4.69, 9.17) is 0 Å². The number of hydrogen-bond donors (Lipinski definition) is 2. The number of benzene rings is 1. The largest absolute Gasteiger partial charge is 0.350 e. The molecular weight excluding hydrogens is 264 g/mol. The van der Waals surface area contributed by atoms with Gasteiger partial charge in [-0.3, -0.25) is 14.8 Å². The Kier molecular flexibility index (Phi) is 5.11. The van der Waals surface area contributed by atoms with Gasteiger partial charge in [0.25, 0.3) is 0 Å². The van der Waals surface area contributed by atoms with Gasteiger partial charge in [0.05, 0.1) is 6.20 Å². The summed E-state index contributed by atoms with van der Waals surface area (Å²) in [6.45, 7) is 5.28. The van der Waals surface area contributed by atoms with E-state index in [1.54, 1.807) is 6.20 Å². The molecule has 0 radical (unpaired) electrons. The van der Waals surface area contributed by atoms with Crippen LogP contribution < -0.4 is 5.32 Å². The molecule has 2 rings (SSSR count). The van der Waals surface area contributed by atoms with E-state index in [0.717, 1.165) is 23.4 Å². The van der Waals surface area contributed by atoms with E-state index < -0.39 is 0 Å². The van der Waals surface area contributed by atoms with Crippen LogP contribution in [0.5, 0.6) is 0 Å². The van der Waals surface area contributed by atoms with Crippen LogP contribution >= 0.6 is 0 Å². The standard InChI is InChI=1S/C16H22N4O/c1-4-20(3)15(13-8-6-5-7-9-13)16(21)17-10-14-11-18-19-12(14)2/h5-9,11,15H,4,10H2,1-3H3,(H,17,21)(H,18,19). The second-order valence-electron chi connectivity index (χ2n) is 5.12. The molecule has 0 aliphatic carbocycles. The average molecular weight is 286 g/mol. The zero-order valence-electron chi connectivity index (χ0n) is 12.8. The van der Waals surface area contributed by atoms with Crippen molar-refractivity contribution in [3.05, 3.63) is 53.3 Å². The molecule has 112 valence electrons. The summed E-state index contributed by atoms with van der Waals surface area (Å²) >= 11 is 0. The number of amides is 1. The van der Waals surface area contributed by atoms with Crippen molar-refractivity contribution < 1.29 is 4.79 Å². The smallest absolute Gasteiger partial charge is 0.242 e. The number of H-pyrrole nitrogens is 1. The van der Waals surface area contributed by atoms with Gasteiger partial charge < -0.3 is 5.32 Å². The molecule has 0 spiro atoms. The molecular formula is C16H22N4O. The lowest BCUT2D eigenvalue weighted by atomic mass is 10.0. The monoisotopic (exact) mass is 286 g/mol. The van der Waals surface area contributed by atoms with E-state index in [1.165, 1.54) is 0 Å². The van der Waals surface area contributed by atoms with Crippen molar-refractivity contribution in [2.24, 2.45) is 0 Å². The number of rotatable bonds is 6. The van der Waals surface area contributed by atoms with Crippen LogP contribution in [0.3, 0.4) is 0 Å². The number of aromatic nitrogens is 2. The van der Waals surface area contributed by atoms with E-state index in [1.807, 2.05) is 56.1 Å². The van der Waals surface area contributed by atoms with Gasteiger partial charge in [0, 0.05) is 17.8 Å². The van der Waals surface area contributed by atoms with Gasteiger partial charge in [-0.2, -0.15) is 5.10 Å². The Morgan fingerprint density at radius 3 is 2.67 bits per heavy atom. The van der Waals surface area contributed by atoms with Crippen molar-refractivity contribution >= 4 is 5.91 Å². The molecule has 0 aliphatic rings. The SMILES string of the molecule is CCN(C)C(C(=O)NCc1cn[nH]c1C)c1ccccc1. The topological polar surface area (TPSA) is 61.0 Å². The summed E-state index contributed by atoms with van der Waals surface area (Å²) in [7, 11) is 1.96. The van der Waals surface area contributed by atoms with Crippen molar-refractivity contribution in [1.82, 2.24) is 20.4 Å². The maximum absolute atomic E-state index is 12.6. The second kappa shape index (κ2) is 7.04. The number of aryl methyl sites for hydroxylation is 1. The molecule has 0 saturated carbocycles. The first kappa shape index (κ1) is 15.3. The highest BCUT2D eigenvalue weighted by Crippen LogP contribution is 2.19. The minimum Gasteiger partial charge on any atom is -0.350 e. The number of carbonyl (C=O) groups excluding carboxylic acids is 1. The predicted octanol–water partition coefficient (Wildman–Crippen LogP) is 2.03. The fourth-order valence-corrected chi connectivity index (χ4v) is 2.26. The van der Waals surface area contributed by atoms with Crippen LogP contribution in [0.15, 0.2) is 36.5 Å². The van der Waals surface area contributed by atoms with Crippen LogP contribution in [0.25, 0.3) is 0 Å². The third-order valence-electron chi connectivity index (χ3n) is 3.69. The lowest BCUT2D eigenvalue weighted by Gasteiger charge is -2.26. The molecule has 1 aromatic heterocycles. The molecule has 2 N–H and O–H groups in total. The number of aromatic amines is 1. The lowest BCUT2D eigenvalue weighted by molar-refractivity contribution is -0.126. The summed E-state index contributed by atoms with van der Waals surface area (Å²) in [5.74, 6) is 0.00569. The van der Waals surface area contributed by atoms with E-state index in [-0.39, 0.29) is 11.9 Å². The first-order chi connectivity index (χ1) is 10.1. The maximum Gasteiger partial charge on any atom is 0.242 e. The van der Waals surface area contributed by atoms with Crippen molar-refractivity contribution in [2.45, 2.75) is 26.4 Å². The van der Waals surface area contributed by atoms with Crippen molar-refractivity contribution in [3.63, 3.8) is 0 Å². The van der Waals surface area contributed by atoms with Gasteiger partial charge in [0.15, 0.2) is 0 Å². The van der Waals surface area contributed by atoms with Crippen molar-refractivity contribution in [3.8, 4) is 0 Å². The Balaban J connectivity index is 2.10. The summed E-state index contributed by atoms with van der Waals surface area (Å²) in [6, 6.07) is 9.57. The fraction of sp³-hybridized carbons (Fsp3) is 0.375. The Morgan fingerprint density at radius 1 is 1.38 bits per heavy atom. The number of carbonyl (C=O) groups is 1. The molecule has 0 fully saturated rings. The van der Waals surface area contributed by atoms with E-state index >= 15 is 0 Å². The third kappa shape index (κ3) is 3.70. The van der Waals surface area contributed by atoms with E-state index in [2.05, 4.69) is 15.5 Å². The van der Waals surface area contributed by atoms with Gasteiger partial charge in [0.2, 0.25) is 5.91 Å². The average Bonchev–Trinajstić information content (AvgIpc) is 2.91. The molecule has 0 bridgehead atoms. The Labute approximate surface area is 125 Å². The van der Waals surface area contributed by atoms with Crippen LogP contribution in [0.1, 0.15) is 29.8 Å². The highest BCUT2D eigenvalue weighted by Gasteiger charge is 2.23. The lowest BCUT2D eigenvalue weighted by Crippen LogP contribution is -2.38. The van der Waals surface area contributed by atoms with Gasteiger partial charge >= 0.3 is 0 Å². The summed E-state index contributed by atoms with van der Waals surface area (Å²) in [4.78, 5) is 14.6. The minimum atomic E-state index is -0.275. The summed E-state index contributed by atoms with van der Waals surface area (Å²) in [5, 5.41) is 9.84. The molecule has 1 unspecified atom stereocenters. The molecule has 1 aromatic carbocycles. The number of nitrogens with zero attached hydrogens (tertiary/aromatic N) is 2. The Bertz CT molecular complexity index is 579. The molecule has 1 heterocycles. The van der Waals surface area contributed by atoms with Gasteiger partial charge in [0.1, 0.15) is 6.04 Å². The molecule has 0 aliphatic heterocycles. The summed E-state index contributed by atoms with van der Waals surface area (Å²) < 4.78 is 0. The van der Waals surface area contributed by atoms with Gasteiger partial charge in [-0.05, 0) is 26.1 Å². The Morgan fingerprint density at radius 2 is 2.10 bits per heavy atom. The molecule has 1 amide bonds. The predicted molar refractivity (Wildman–Crippen MR) is 82.7 cm³/mol. The van der Waals surface area contributed by atoms with Crippen molar-refractivity contribution in [2.75, 3.05) is 13.6 Å². The maximum atomic E-state index is 12.6.